The number of hydrogen-bond acceptors (Lipinski definition) is 6. The summed E-state index contributed by atoms with van der Waals surface area (Å²) in [5, 5.41) is 14.5. The molecule has 0 aliphatic heterocycles. The van der Waals surface area contributed by atoms with Crippen molar-refractivity contribution in [3.05, 3.63) is 60.7 Å². The van der Waals surface area contributed by atoms with Crippen molar-refractivity contribution in [1.29, 1.82) is 0 Å². The average molecular weight is 408 g/mol. The van der Waals surface area contributed by atoms with Crippen LogP contribution in [-0.4, -0.2) is 34.9 Å². The smallest absolute Gasteiger partial charge is 0.234 e. The monoisotopic (exact) mass is 408 g/mol. The van der Waals surface area contributed by atoms with Gasteiger partial charge in [-0.1, -0.05) is 17.8 Å². The molecule has 0 aliphatic carbocycles. The number of rotatable bonds is 7. The van der Waals surface area contributed by atoms with Gasteiger partial charge in [0.1, 0.15) is 10.8 Å². The van der Waals surface area contributed by atoms with Crippen LogP contribution in [0.4, 0.5) is 11.4 Å². The Morgan fingerprint density at radius 2 is 1.69 bits per heavy atom. The van der Waals surface area contributed by atoms with Gasteiger partial charge >= 0.3 is 0 Å². The molecule has 1 aromatic heterocycles. The molecule has 8 heteroatoms. The molecule has 7 nitrogen and oxygen atoms in total. The van der Waals surface area contributed by atoms with E-state index in [1.54, 1.807) is 31.4 Å². The first kappa shape index (κ1) is 20.3. The van der Waals surface area contributed by atoms with E-state index in [0.29, 0.717) is 16.4 Å². The second kappa shape index (κ2) is 9.70. The van der Waals surface area contributed by atoms with Crippen LogP contribution in [0.3, 0.4) is 0 Å². The first-order valence-electron chi connectivity index (χ1n) is 8.82. The number of hydrogen-bond donors (Lipinski definition) is 2. The van der Waals surface area contributed by atoms with Crippen molar-refractivity contribution in [2.75, 3.05) is 23.5 Å². The van der Waals surface area contributed by atoms with Crippen molar-refractivity contribution >= 4 is 35.0 Å². The molecule has 0 fully saturated rings. The van der Waals surface area contributed by atoms with E-state index < -0.39 is 0 Å². The Hall–Kier alpha value is -3.39. The van der Waals surface area contributed by atoms with E-state index in [4.69, 9.17) is 4.74 Å². The van der Waals surface area contributed by atoms with Gasteiger partial charge in [0.05, 0.1) is 18.6 Å². The maximum Gasteiger partial charge on any atom is 0.234 e. The van der Waals surface area contributed by atoms with Crippen molar-refractivity contribution in [1.82, 2.24) is 10.2 Å². The van der Waals surface area contributed by atoms with Gasteiger partial charge in [0.2, 0.25) is 11.8 Å². The summed E-state index contributed by atoms with van der Waals surface area (Å²) >= 11 is 1.30. The normalized spacial score (nSPS) is 10.3. The lowest BCUT2D eigenvalue weighted by molar-refractivity contribution is -0.114. The lowest BCUT2D eigenvalue weighted by Gasteiger charge is -2.08. The van der Waals surface area contributed by atoms with Crippen molar-refractivity contribution in [2.24, 2.45) is 0 Å². The second-order valence-electron chi connectivity index (χ2n) is 6.08. The van der Waals surface area contributed by atoms with Gasteiger partial charge < -0.3 is 15.4 Å². The average Bonchev–Trinajstić information content (AvgIpc) is 2.72. The number of amides is 2. The number of nitrogens with zero attached hydrogens (tertiary/aromatic N) is 2. The topological polar surface area (TPSA) is 93.2 Å². The van der Waals surface area contributed by atoms with E-state index in [1.165, 1.54) is 18.7 Å². The molecule has 0 atom stereocenters. The fourth-order valence-electron chi connectivity index (χ4n) is 2.53. The van der Waals surface area contributed by atoms with Gasteiger partial charge in [0.15, 0.2) is 0 Å². The van der Waals surface area contributed by atoms with Crippen molar-refractivity contribution in [3.8, 4) is 17.0 Å². The summed E-state index contributed by atoms with van der Waals surface area (Å²) in [5.74, 6) is 0.639. The van der Waals surface area contributed by atoms with Crippen molar-refractivity contribution in [2.45, 2.75) is 11.9 Å². The predicted molar refractivity (Wildman–Crippen MR) is 114 cm³/mol. The zero-order valence-corrected chi connectivity index (χ0v) is 16.8. The molecule has 2 aromatic carbocycles. The van der Waals surface area contributed by atoms with Gasteiger partial charge in [-0.05, 0) is 54.6 Å². The van der Waals surface area contributed by atoms with Crippen LogP contribution in [0.2, 0.25) is 0 Å². The van der Waals surface area contributed by atoms with Gasteiger partial charge in [-0.25, -0.2) is 0 Å². The molecule has 0 radical (unpaired) electrons. The molecular formula is C21H20N4O3S. The lowest BCUT2D eigenvalue weighted by atomic mass is 10.1. The van der Waals surface area contributed by atoms with E-state index in [-0.39, 0.29) is 17.6 Å². The molecule has 29 heavy (non-hydrogen) atoms. The number of carbonyl (C=O) groups excluding carboxylic acids is 2. The minimum Gasteiger partial charge on any atom is -0.497 e. The first-order valence-corrected chi connectivity index (χ1v) is 9.80. The molecule has 0 unspecified atom stereocenters. The molecule has 148 valence electrons. The fourth-order valence-corrected chi connectivity index (χ4v) is 3.14. The highest BCUT2D eigenvalue weighted by atomic mass is 32.2. The minimum atomic E-state index is -0.170. The fraction of sp³-hybridized carbons (Fsp3) is 0.143. The van der Waals surface area contributed by atoms with Crippen molar-refractivity contribution < 1.29 is 14.3 Å². The molecule has 0 saturated carbocycles. The zero-order valence-electron chi connectivity index (χ0n) is 16.0. The Bertz CT molecular complexity index is 992. The van der Waals surface area contributed by atoms with Gasteiger partial charge in [0.25, 0.3) is 0 Å². The Morgan fingerprint density at radius 1 is 0.966 bits per heavy atom. The Balaban J connectivity index is 1.54. The number of methoxy groups -OCH3 is 1. The maximum absolute atomic E-state index is 12.2. The third-order valence-corrected chi connectivity index (χ3v) is 4.76. The van der Waals surface area contributed by atoms with E-state index in [9.17, 15) is 9.59 Å². The van der Waals surface area contributed by atoms with Gasteiger partial charge in [-0.3, -0.25) is 9.59 Å². The van der Waals surface area contributed by atoms with Gasteiger partial charge in [-0.2, -0.15) is 0 Å². The van der Waals surface area contributed by atoms with Crippen LogP contribution in [0.1, 0.15) is 6.92 Å². The van der Waals surface area contributed by atoms with Crippen molar-refractivity contribution in [3.63, 3.8) is 0 Å². The molecular weight excluding hydrogens is 388 g/mol. The summed E-state index contributed by atoms with van der Waals surface area (Å²) < 4.78 is 5.15. The van der Waals surface area contributed by atoms with Crippen LogP contribution >= 0.6 is 11.8 Å². The van der Waals surface area contributed by atoms with E-state index >= 15 is 0 Å². The Kier molecular flexibility index (Phi) is 6.80. The molecule has 0 aliphatic rings. The van der Waals surface area contributed by atoms with Crippen LogP contribution in [-0.2, 0) is 9.59 Å². The molecule has 2 amide bonds. The van der Waals surface area contributed by atoms with E-state index in [1.807, 2.05) is 36.4 Å². The van der Waals surface area contributed by atoms with Crippen LogP contribution in [0, 0.1) is 0 Å². The standard InChI is InChI=1S/C21H20N4O3S/c1-14(26)22-16-4-3-5-17(12-16)23-20(27)13-29-21-11-10-19(24-25-21)15-6-8-18(28-2)9-7-15/h3-12H,13H2,1-2H3,(H,22,26)(H,23,27). The quantitative estimate of drug-likeness (QED) is 0.577. The first-order chi connectivity index (χ1) is 14.0. The Morgan fingerprint density at radius 3 is 2.31 bits per heavy atom. The van der Waals surface area contributed by atoms with Crippen LogP contribution in [0.25, 0.3) is 11.3 Å². The van der Waals surface area contributed by atoms with Crippen LogP contribution < -0.4 is 15.4 Å². The van der Waals surface area contributed by atoms with Crippen LogP contribution in [0.15, 0.2) is 65.7 Å². The molecule has 1 heterocycles. The Labute approximate surface area is 172 Å². The minimum absolute atomic E-state index is 0.166. The summed E-state index contributed by atoms with van der Waals surface area (Å²) in [6.07, 6.45) is 0. The third-order valence-electron chi connectivity index (χ3n) is 3.84. The number of benzene rings is 2. The molecule has 0 bridgehead atoms. The highest BCUT2D eigenvalue weighted by molar-refractivity contribution is 7.99. The molecule has 3 aromatic rings. The summed E-state index contributed by atoms with van der Waals surface area (Å²) in [6.45, 7) is 1.43. The highest BCUT2D eigenvalue weighted by Gasteiger charge is 2.07. The third kappa shape index (κ3) is 6.05. The molecule has 0 saturated heterocycles. The summed E-state index contributed by atoms with van der Waals surface area (Å²) in [6, 6.07) is 18.2. The zero-order chi connectivity index (χ0) is 20.6. The number of thioether (sulfide) groups is 1. The van der Waals surface area contributed by atoms with Gasteiger partial charge in [0, 0.05) is 23.9 Å². The van der Waals surface area contributed by atoms with Gasteiger partial charge in [-0.15, -0.1) is 10.2 Å². The van der Waals surface area contributed by atoms with E-state index in [0.717, 1.165) is 17.0 Å². The van der Waals surface area contributed by atoms with Crippen LogP contribution in [0.5, 0.6) is 5.75 Å². The number of carbonyl (C=O) groups is 2. The molecule has 3 rings (SSSR count). The molecule has 0 spiro atoms. The highest BCUT2D eigenvalue weighted by Crippen LogP contribution is 2.22. The number of ether oxygens (including phenoxy) is 1. The molecule has 2 N–H and O–H groups in total. The lowest BCUT2D eigenvalue weighted by Crippen LogP contribution is -2.14. The maximum atomic E-state index is 12.2. The summed E-state index contributed by atoms with van der Waals surface area (Å²) in [5.41, 5.74) is 2.92. The predicted octanol–water partition coefficient (Wildman–Crippen LogP) is 3.84. The second-order valence-corrected chi connectivity index (χ2v) is 7.08. The largest absolute Gasteiger partial charge is 0.497 e. The summed E-state index contributed by atoms with van der Waals surface area (Å²) in [4.78, 5) is 23.3. The number of anilines is 2. The summed E-state index contributed by atoms with van der Waals surface area (Å²) in [7, 11) is 1.62. The number of aromatic nitrogens is 2. The van der Waals surface area contributed by atoms with E-state index in [2.05, 4.69) is 20.8 Å². The number of nitrogens with one attached hydrogen (secondary N) is 2. The SMILES string of the molecule is COc1ccc(-c2ccc(SCC(=O)Nc3cccc(NC(C)=O)c3)nn2)cc1.